The second-order valence-corrected chi connectivity index (χ2v) is 4.13. The van der Waals surface area contributed by atoms with E-state index in [1.54, 1.807) is 7.05 Å². The third-order valence-corrected chi connectivity index (χ3v) is 2.57. The molecule has 0 atom stereocenters. The number of nitrogens with zero attached hydrogens (tertiary/aromatic N) is 1. The Bertz CT molecular complexity index is 640. The molecule has 0 aliphatic rings. The van der Waals surface area contributed by atoms with Crippen molar-refractivity contribution in [3.8, 4) is 0 Å². The molecule has 0 bridgehead atoms. The van der Waals surface area contributed by atoms with Gasteiger partial charge in [-0.2, -0.15) is 0 Å². The van der Waals surface area contributed by atoms with Crippen LogP contribution in [0.2, 0.25) is 0 Å². The van der Waals surface area contributed by atoms with Gasteiger partial charge in [-0.1, -0.05) is 6.07 Å². The quantitative estimate of drug-likeness (QED) is 0.877. The van der Waals surface area contributed by atoms with E-state index in [0.29, 0.717) is 18.1 Å². The predicted molar refractivity (Wildman–Crippen MR) is 66.8 cm³/mol. The number of nitrogens with one attached hydrogen (secondary N) is 2. The Kier molecular flexibility index (Phi) is 4.01. The molecular weight excluding hydrogens is 252 g/mol. The van der Waals surface area contributed by atoms with Crippen molar-refractivity contribution in [2.24, 2.45) is 0 Å². The number of H-pyrrole nitrogens is 1. The van der Waals surface area contributed by atoms with E-state index < -0.39 is 11.6 Å². The number of benzene rings is 1. The zero-order valence-electron chi connectivity index (χ0n) is 10.3. The van der Waals surface area contributed by atoms with Gasteiger partial charge in [-0.25, -0.2) is 13.8 Å². The van der Waals surface area contributed by atoms with Gasteiger partial charge in [-0.15, -0.1) is 0 Å². The van der Waals surface area contributed by atoms with E-state index in [4.69, 9.17) is 0 Å². The molecule has 2 aromatic rings. The van der Waals surface area contributed by atoms with Gasteiger partial charge in [0.15, 0.2) is 0 Å². The maximum absolute atomic E-state index is 13.5. The van der Waals surface area contributed by atoms with Crippen molar-refractivity contribution >= 4 is 0 Å². The fourth-order valence-corrected chi connectivity index (χ4v) is 1.76. The van der Waals surface area contributed by atoms with Crippen LogP contribution in [-0.4, -0.2) is 17.0 Å². The molecule has 1 heterocycles. The first-order valence-electron chi connectivity index (χ1n) is 5.76. The van der Waals surface area contributed by atoms with E-state index in [0.717, 1.165) is 6.07 Å². The van der Waals surface area contributed by atoms with Crippen LogP contribution in [0.4, 0.5) is 8.78 Å². The lowest BCUT2D eigenvalue weighted by atomic mass is 10.1. The largest absolute Gasteiger partial charge is 0.314 e. The molecule has 1 aromatic heterocycles. The summed E-state index contributed by atoms with van der Waals surface area (Å²) in [5.74, 6) is -0.934. The molecule has 0 amide bonds. The summed E-state index contributed by atoms with van der Waals surface area (Å²) in [6, 6.07) is 4.70. The van der Waals surface area contributed by atoms with Crippen molar-refractivity contribution in [2.45, 2.75) is 13.0 Å². The summed E-state index contributed by atoms with van der Waals surface area (Å²) in [5, 5.41) is 2.88. The predicted octanol–water partition coefficient (Wildman–Crippen LogP) is 1.36. The van der Waals surface area contributed by atoms with Crippen molar-refractivity contribution in [3.63, 3.8) is 0 Å². The average Bonchev–Trinajstić information content (AvgIpc) is 2.32. The van der Waals surface area contributed by atoms with E-state index in [1.165, 1.54) is 18.2 Å². The van der Waals surface area contributed by atoms with Gasteiger partial charge in [0.2, 0.25) is 0 Å². The first-order chi connectivity index (χ1) is 9.08. The molecule has 0 radical (unpaired) electrons. The lowest BCUT2D eigenvalue weighted by Gasteiger charge is -2.05. The van der Waals surface area contributed by atoms with Crippen LogP contribution < -0.4 is 10.9 Å². The van der Waals surface area contributed by atoms with Crippen LogP contribution in [0.25, 0.3) is 0 Å². The second-order valence-electron chi connectivity index (χ2n) is 4.13. The van der Waals surface area contributed by atoms with E-state index in [9.17, 15) is 13.6 Å². The molecule has 100 valence electrons. The molecule has 0 saturated heterocycles. The number of aromatic nitrogens is 2. The van der Waals surface area contributed by atoms with Crippen LogP contribution in [0.5, 0.6) is 0 Å². The SMILES string of the molecule is CNCc1cc(=O)[nH]c(Cc2ccc(F)cc2F)n1. The first-order valence-corrected chi connectivity index (χ1v) is 5.76. The minimum Gasteiger partial charge on any atom is -0.314 e. The number of aromatic amines is 1. The summed E-state index contributed by atoms with van der Waals surface area (Å²) >= 11 is 0. The van der Waals surface area contributed by atoms with Gasteiger partial charge in [0.1, 0.15) is 17.5 Å². The highest BCUT2D eigenvalue weighted by molar-refractivity contribution is 5.22. The molecule has 4 nitrogen and oxygen atoms in total. The maximum atomic E-state index is 13.5. The topological polar surface area (TPSA) is 57.8 Å². The highest BCUT2D eigenvalue weighted by atomic mass is 19.1. The molecule has 19 heavy (non-hydrogen) atoms. The molecule has 0 aliphatic heterocycles. The Balaban J connectivity index is 2.30. The Hall–Kier alpha value is -2.08. The molecule has 0 saturated carbocycles. The normalized spacial score (nSPS) is 10.7. The fraction of sp³-hybridized carbons (Fsp3) is 0.231. The molecule has 6 heteroatoms. The smallest absolute Gasteiger partial charge is 0.251 e. The fourth-order valence-electron chi connectivity index (χ4n) is 1.76. The second kappa shape index (κ2) is 5.71. The van der Waals surface area contributed by atoms with Crippen LogP contribution in [0.3, 0.4) is 0 Å². The molecule has 0 fully saturated rings. The summed E-state index contributed by atoms with van der Waals surface area (Å²) in [6.07, 6.45) is 0.110. The zero-order chi connectivity index (χ0) is 13.8. The van der Waals surface area contributed by atoms with Gasteiger partial charge in [-0.05, 0) is 18.7 Å². The van der Waals surface area contributed by atoms with Gasteiger partial charge >= 0.3 is 0 Å². The molecule has 2 N–H and O–H groups in total. The van der Waals surface area contributed by atoms with Crippen LogP contribution >= 0.6 is 0 Å². The van der Waals surface area contributed by atoms with E-state index in [1.807, 2.05) is 0 Å². The Morgan fingerprint density at radius 3 is 2.79 bits per heavy atom. The maximum Gasteiger partial charge on any atom is 0.251 e. The third-order valence-electron chi connectivity index (χ3n) is 2.57. The average molecular weight is 265 g/mol. The number of rotatable bonds is 4. The minimum atomic E-state index is -0.651. The molecule has 2 rings (SSSR count). The summed E-state index contributed by atoms with van der Waals surface area (Å²) < 4.78 is 26.3. The number of hydrogen-bond donors (Lipinski definition) is 2. The summed E-state index contributed by atoms with van der Waals surface area (Å²) in [6.45, 7) is 0.447. The standard InChI is InChI=1S/C13H13F2N3O/c1-16-7-10-6-13(19)18-12(17-10)4-8-2-3-9(14)5-11(8)15/h2-3,5-6,16H,4,7H2,1H3,(H,17,18,19). The van der Waals surface area contributed by atoms with Crippen LogP contribution in [0.15, 0.2) is 29.1 Å². The van der Waals surface area contributed by atoms with Crippen molar-refractivity contribution in [3.05, 3.63) is 63.3 Å². The van der Waals surface area contributed by atoms with Crippen molar-refractivity contribution in [1.82, 2.24) is 15.3 Å². The molecule has 0 spiro atoms. The van der Waals surface area contributed by atoms with Gasteiger partial charge in [0.05, 0.1) is 5.69 Å². The van der Waals surface area contributed by atoms with Gasteiger partial charge < -0.3 is 10.3 Å². The van der Waals surface area contributed by atoms with Crippen LogP contribution in [-0.2, 0) is 13.0 Å². The van der Waals surface area contributed by atoms with Crippen molar-refractivity contribution < 1.29 is 8.78 Å². The Morgan fingerprint density at radius 2 is 2.11 bits per heavy atom. The summed E-state index contributed by atoms with van der Waals surface area (Å²) in [5.41, 5.74) is 0.563. The Morgan fingerprint density at radius 1 is 1.32 bits per heavy atom. The highest BCUT2D eigenvalue weighted by Gasteiger charge is 2.07. The van der Waals surface area contributed by atoms with E-state index in [2.05, 4.69) is 15.3 Å². The van der Waals surface area contributed by atoms with Gasteiger partial charge in [0.25, 0.3) is 5.56 Å². The number of halogens is 2. The first kappa shape index (κ1) is 13.4. The van der Waals surface area contributed by atoms with E-state index in [-0.39, 0.29) is 17.5 Å². The molecule has 0 aliphatic carbocycles. The summed E-state index contributed by atoms with van der Waals surface area (Å²) in [4.78, 5) is 18.2. The van der Waals surface area contributed by atoms with Gasteiger partial charge in [-0.3, -0.25) is 4.79 Å². The summed E-state index contributed by atoms with van der Waals surface area (Å²) in [7, 11) is 1.74. The van der Waals surface area contributed by atoms with E-state index >= 15 is 0 Å². The van der Waals surface area contributed by atoms with Gasteiger partial charge in [0, 0.05) is 25.1 Å². The lowest BCUT2D eigenvalue weighted by molar-refractivity contribution is 0.573. The zero-order valence-corrected chi connectivity index (χ0v) is 10.3. The van der Waals surface area contributed by atoms with Crippen molar-refractivity contribution in [1.29, 1.82) is 0 Å². The van der Waals surface area contributed by atoms with Crippen LogP contribution in [0, 0.1) is 11.6 Å². The molecule has 1 aromatic carbocycles. The number of hydrogen-bond acceptors (Lipinski definition) is 3. The Labute approximate surface area is 108 Å². The van der Waals surface area contributed by atoms with Crippen LogP contribution in [0.1, 0.15) is 17.1 Å². The molecule has 0 unspecified atom stereocenters. The van der Waals surface area contributed by atoms with Crippen molar-refractivity contribution in [2.75, 3.05) is 7.05 Å². The highest BCUT2D eigenvalue weighted by Crippen LogP contribution is 2.12. The minimum absolute atomic E-state index is 0.110. The molecular formula is C13H13F2N3O. The third kappa shape index (κ3) is 3.45. The lowest BCUT2D eigenvalue weighted by Crippen LogP contribution is -2.17. The monoisotopic (exact) mass is 265 g/mol.